The normalized spacial score (nSPS) is 14.6. The maximum absolute atomic E-state index is 12.5. The molecule has 0 heterocycles. The van der Waals surface area contributed by atoms with E-state index in [0.29, 0.717) is 5.92 Å². The van der Waals surface area contributed by atoms with Gasteiger partial charge in [0.05, 0.1) is 5.92 Å². The van der Waals surface area contributed by atoms with Crippen LogP contribution in [0.1, 0.15) is 51.7 Å². The molecule has 1 rings (SSSR count). The second kappa shape index (κ2) is 9.61. The van der Waals surface area contributed by atoms with Crippen LogP contribution in [-0.2, 0) is 20.8 Å². The molecule has 1 aromatic carbocycles. The summed E-state index contributed by atoms with van der Waals surface area (Å²) in [5.74, 6) is -1.34. The molecular formula is C19H27NO4S. The van der Waals surface area contributed by atoms with Crippen LogP contribution in [0.3, 0.4) is 0 Å². The Morgan fingerprint density at radius 3 is 2.08 bits per heavy atom. The average Bonchev–Trinajstić information content (AvgIpc) is 2.51. The third-order valence-corrected chi connectivity index (χ3v) is 5.10. The maximum Gasteiger partial charge on any atom is 0.327 e. The van der Waals surface area contributed by atoms with Crippen LogP contribution in [-0.4, -0.2) is 33.4 Å². The van der Waals surface area contributed by atoms with Crippen molar-refractivity contribution in [1.82, 2.24) is 5.32 Å². The molecule has 0 aromatic heterocycles. The summed E-state index contributed by atoms with van der Waals surface area (Å²) in [7, 11) is 0. The van der Waals surface area contributed by atoms with Gasteiger partial charge < -0.3 is 10.4 Å². The smallest absolute Gasteiger partial charge is 0.327 e. The summed E-state index contributed by atoms with van der Waals surface area (Å²) >= 11 is 0.961. The van der Waals surface area contributed by atoms with Crippen LogP contribution in [0, 0.1) is 5.92 Å². The van der Waals surface area contributed by atoms with Crippen LogP contribution < -0.4 is 5.32 Å². The van der Waals surface area contributed by atoms with E-state index >= 15 is 0 Å². The lowest BCUT2D eigenvalue weighted by atomic mass is 9.97. The van der Waals surface area contributed by atoms with Crippen molar-refractivity contribution in [3.05, 3.63) is 35.4 Å². The van der Waals surface area contributed by atoms with Gasteiger partial charge in [-0.2, -0.15) is 0 Å². The lowest BCUT2D eigenvalue weighted by Crippen LogP contribution is -2.46. The van der Waals surface area contributed by atoms with Crippen molar-refractivity contribution in [2.45, 2.75) is 58.2 Å². The van der Waals surface area contributed by atoms with E-state index in [-0.39, 0.29) is 11.0 Å². The van der Waals surface area contributed by atoms with Gasteiger partial charge in [0.1, 0.15) is 6.04 Å². The van der Waals surface area contributed by atoms with Crippen LogP contribution in [0.25, 0.3) is 0 Å². The number of carboxylic acids is 1. The molecule has 0 bridgehead atoms. The zero-order chi connectivity index (χ0) is 19.1. The molecule has 5 nitrogen and oxygen atoms in total. The number of benzene rings is 1. The van der Waals surface area contributed by atoms with Crippen molar-refractivity contribution in [3.8, 4) is 0 Å². The molecule has 2 N–H and O–H groups in total. The third kappa shape index (κ3) is 6.90. The minimum atomic E-state index is -1.14. The Bertz CT molecular complexity index is 612. The number of rotatable bonds is 8. The number of nitrogens with one attached hydrogen (secondary N) is 1. The highest BCUT2D eigenvalue weighted by Crippen LogP contribution is 2.27. The second-order valence-electron chi connectivity index (χ2n) is 6.72. The Balaban J connectivity index is 2.74. The molecule has 0 saturated carbocycles. The summed E-state index contributed by atoms with van der Waals surface area (Å²) in [5, 5.41) is 10.9. The molecule has 25 heavy (non-hydrogen) atoms. The van der Waals surface area contributed by atoms with Gasteiger partial charge in [0, 0.05) is 12.2 Å². The Hall–Kier alpha value is -1.82. The van der Waals surface area contributed by atoms with Gasteiger partial charge in [0.25, 0.3) is 0 Å². The number of carbonyl (C=O) groups is 3. The standard InChI is InChI=1S/C19H27NO4S/c1-11(2)10-15-6-8-16(9-7-15)12(3)19(24)25-13(4)17(18(22)23)20-14(5)21/h6-9,11-13,17H,10H2,1-5H3,(H,20,21)(H,22,23). The Morgan fingerprint density at radius 1 is 1.08 bits per heavy atom. The number of amides is 1. The minimum Gasteiger partial charge on any atom is -0.480 e. The van der Waals surface area contributed by atoms with Gasteiger partial charge in [-0.25, -0.2) is 4.79 Å². The Kier molecular flexibility index (Phi) is 8.16. The first-order valence-electron chi connectivity index (χ1n) is 8.41. The SMILES string of the molecule is CC(=O)NC(C(=O)O)C(C)SC(=O)C(C)c1ccc(CC(C)C)cc1. The first kappa shape index (κ1) is 21.2. The van der Waals surface area contributed by atoms with Crippen LogP contribution in [0.4, 0.5) is 0 Å². The summed E-state index contributed by atoms with van der Waals surface area (Å²) in [5.41, 5.74) is 2.14. The van der Waals surface area contributed by atoms with Crippen molar-refractivity contribution in [2.24, 2.45) is 5.92 Å². The van der Waals surface area contributed by atoms with Crippen molar-refractivity contribution in [2.75, 3.05) is 0 Å². The second-order valence-corrected chi connectivity index (χ2v) is 8.10. The molecule has 0 saturated heterocycles. The van der Waals surface area contributed by atoms with Gasteiger partial charge in [-0.05, 0) is 23.5 Å². The molecule has 0 fully saturated rings. The molecule has 0 aliphatic carbocycles. The molecule has 0 aliphatic heterocycles. The highest BCUT2D eigenvalue weighted by molar-refractivity contribution is 8.14. The monoisotopic (exact) mass is 365 g/mol. The van der Waals surface area contributed by atoms with Gasteiger partial charge in [0.2, 0.25) is 5.91 Å². The molecule has 6 heteroatoms. The van der Waals surface area contributed by atoms with E-state index < -0.39 is 23.2 Å². The van der Waals surface area contributed by atoms with Gasteiger partial charge in [0.15, 0.2) is 5.12 Å². The first-order valence-corrected chi connectivity index (χ1v) is 9.29. The summed E-state index contributed by atoms with van der Waals surface area (Å²) in [6.45, 7) is 9.03. The average molecular weight is 365 g/mol. The Labute approximate surface area is 153 Å². The van der Waals surface area contributed by atoms with E-state index in [1.807, 2.05) is 31.2 Å². The topological polar surface area (TPSA) is 83.5 Å². The van der Waals surface area contributed by atoms with E-state index in [4.69, 9.17) is 0 Å². The molecule has 0 spiro atoms. The number of carboxylic acid groups (broad SMARTS) is 1. The van der Waals surface area contributed by atoms with E-state index in [9.17, 15) is 19.5 Å². The van der Waals surface area contributed by atoms with E-state index in [2.05, 4.69) is 19.2 Å². The van der Waals surface area contributed by atoms with Crippen molar-refractivity contribution in [3.63, 3.8) is 0 Å². The molecular weight excluding hydrogens is 338 g/mol. The predicted molar refractivity (Wildman–Crippen MR) is 101 cm³/mol. The van der Waals surface area contributed by atoms with Crippen LogP contribution in [0.15, 0.2) is 24.3 Å². The summed E-state index contributed by atoms with van der Waals surface area (Å²) in [4.78, 5) is 34.9. The maximum atomic E-state index is 12.5. The molecule has 3 unspecified atom stereocenters. The molecule has 0 aliphatic rings. The number of carbonyl (C=O) groups excluding carboxylic acids is 2. The fraction of sp³-hybridized carbons (Fsp3) is 0.526. The fourth-order valence-electron chi connectivity index (χ4n) is 2.50. The molecule has 1 amide bonds. The van der Waals surface area contributed by atoms with Crippen molar-refractivity contribution in [1.29, 1.82) is 0 Å². The van der Waals surface area contributed by atoms with Crippen molar-refractivity contribution >= 4 is 28.8 Å². The first-order chi connectivity index (χ1) is 11.6. The minimum absolute atomic E-state index is 0.110. The van der Waals surface area contributed by atoms with Crippen LogP contribution >= 0.6 is 11.8 Å². The van der Waals surface area contributed by atoms with Crippen LogP contribution in [0.5, 0.6) is 0 Å². The largest absolute Gasteiger partial charge is 0.480 e. The zero-order valence-electron chi connectivity index (χ0n) is 15.4. The fourth-order valence-corrected chi connectivity index (χ4v) is 3.53. The van der Waals surface area contributed by atoms with Gasteiger partial charge in [-0.1, -0.05) is 63.7 Å². The van der Waals surface area contributed by atoms with Crippen LogP contribution in [0.2, 0.25) is 0 Å². The highest BCUT2D eigenvalue weighted by Gasteiger charge is 2.29. The summed E-state index contributed by atoms with van der Waals surface area (Å²) < 4.78 is 0. The number of thioether (sulfide) groups is 1. The Morgan fingerprint density at radius 2 is 1.64 bits per heavy atom. The van der Waals surface area contributed by atoms with Gasteiger partial charge in [-0.15, -0.1) is 0 Å². The molecule has 0 radical (unpaired) electrons. The third-order valence-electron chi connectivity index (χ3n) is 3.87. The quantitative estimate of drug-likeness (QED) is 0.739. The zero-order valence-corrected chi connectivity index (χ0v) is 16.2. The number of hydrogen-bond acceptors (Lipinski definition) is 4. The van der Waals surface area contributed by atoms with E-state index in [1.165, 1.54) is 12.5 Å². The summed E-state index contributed by atoms with van der Waals surface area (Å²) in [6.07, 6.45) is 0.991. The van der Waals surface area contributed by atoms with Gasteiger partial charge in [-0.3, -0.25) is 9.59 Å². The number of aliphatic carboxylic acids is 1. The number of hydrogen-bond donors (Lipinski definition) is 2. The van der Waals surface area contributed by atoms with E-state index in [1.54, 1.807) is 6.92 Å². The van der Waals surface area contributed by atoms with Gasteiger partial charge >= 0.3 is 5.97 Å². The van der Waals surface area contributed by atoms with Crippen molar-refractivity contribution < 1.29 is 19.5 Å². The lowest BCUT2D eigenvalue weighted by Gasteiger charge is -2.21. The molecule has 1 aromatic rings. The highest BCUT2D eigenvalue weighted by atomic mass is 32.2. The predicted octanol–water partition coefficient (Wildman–Crippen LogP) is 3.23. The lowest BCUT2D eigenvalue weighted by molar-refractivity contribution is -0.141. The summed E-state index contributed by atoms with van der Waals surface area (Å²) in [6, 6.07) is 6.88. The molecule has 138 valence electrons. The van der Waals surface area contributed by atoms with E-state index in [0.717, 1.165) is 23.7 Å². The molecule has 3 atom stereocenters.